The Morgan fingerprint density at radius 2 is 1.76 bits per heavy atom. The minimum absolute atomic E-state index is 0.109. The zero-order valence-corrected chi connectivity index (χ0v) is 11.7. The van der Waals surface area contributed by atoms with Gasteiger partial charge in [0.1, 0.15) is 11.6 Å². The van der Waals surface area contributed by atoms with E-state index in [2.05, 4.69) is 10.1 Å². The van der Waals surface area contributed by atoms with Crippen molar-refractivity contribution in [2.75, 3.05) is 0 Å². The number of ether oxygens (including phenoxy) is 1. The van der Waals surface area contributed by atoms with Crippen LogP contribution in [0.5, 0.6) is 5.75 Å². The smallest absolute Gasteiger partial charge is 0.387 e. The second-order valence-electron chi connectivity index (χ2n) is 4.36. The fraction of sp³-hybridized carbons (Fsp3) is 0.200. The first-order valence-corrected chi connectivity index (χ1v) is 6.61. The van der Waals surface area contributed by atoms with Crippen LogP contribution in [0.3, 0.4) is 0 Å². The number of nitrogens with one attached hydrogen (secondary N) is 1. The van der Waals surface area contributed by atoms with Crippen molar-refractivity contribution in [3.8, 4) is 5.75 Å². The average molecular weight is 316 g/mol. The Kier molecular flexibility index (Phi) is 5.47. The van der Waals surface area contributed by atoms with Crippen LogP contribution in [0.15, 0.2) is 42.5 Å². The third-order valence-corrected chi connectivity index (χ3v) is 3.04. The van der Waals surface area contributed by atoms with E-state index >= 15 is 0 Å². The molecular weight excluding hydrogens is 303 g/mol. The maximum Gasteiger partial charge on any atom is 0.387 e. The molecule has 0 aliphatic heterocycles. The van der Waals surface area contributed by atoms with Crippen LogP contribution in [-0.4, -0.2) is 6.61 Å². The minimum Gasteiger partial charge on any atom is -0.435 e. The van der Waals surface area contributed by atoms with Crippen LogP contribution in [0.4, 0.5) is 13.2 Å². The van der Waals surface area contributed by atoms with Gasteiger partial charge in [0.25, 0.3) is 0 Å². The molecule has 21 heavy (non-hydrogen) atoms. The summed E-state index contributed by atoms with van der Waals surface area (Å²) in [6.07, 6.45) is 0. The van der Waals surface area contributed by atoms with Gasteiger partial charge >= 0.3 is 6.61 Å². The van der Waals surface area contributed by atoms with Gasteiger partial charge in [-0.2, -0.15) is 8.78 Å². The molecule has 2 rings (SSSR count). The summed E-state index contributed by atoms with van der Waals surface area (Å²) in [6.45, 7) is -2.00. The Morgan fingerprint density at radius 1 is 1.05 bits per heavy atom. The van der Waals surface area contributed by atoms with Gasteiger partial charge in [-0.1, -0.05) is 29.8 Å². The fourth-order valence-electron chi connectivity index (χ4n) is 1.80. The second-order valence-corrected chi connectivity index (χ2v) is 4.80. The van der Waals surface area contributed by atoms with Crippen molar-refractivity contribution in [1.82, 2.24) is 5.32 Å². The van der Waals surface area contributed by atoms with E-state index in [9.17, 15) is 13.2 Å². The van der Waals surface area contributed by atoms with Crippen molar-refractivity contribution in [2.45, 2.75) is 19.7 Å². The standard InChI is InChI=1S/C15H13ClF3NO/c16-12-4-3-11(14(17)7-12)9-20-8-10-1-5-13(6-2-10)21-15(18)19/h1-7,15,20H,8-9H2. The van der Waals surface area contributed by atoms with Gasteiger partial charge in [0, 0.05) is 23.7 Å². The molecule has 2 aromatic rings. The van der Waals surface area contributed by atoms with Gasteiger partial charge in [-0.05, 0) is 29.8 Å². The predicted molar refractivity (Wildman–Crippen MR) is 75.0 cm³/mol. The largest absolute Gasteiger partial charge is 0.435 e. The monoisotopic (exact) mass is 315 g/mol. The first-order chi connectivity index (χ1) is 10.0. The van der Waals surface area contributed by atoms with Crippen molar-refractivity contribution < 1.29 is 17.9 Å². The zero-order valence-electron chi connectivity index (χ0n) is 11.0. The molecule has 6 heteroatoms. The molecule has 0 amide bonds. The molecule has 0 saturated carbocycles. The molecule has 0 saturated heterocycles. The zero-order chi connectivity index (χ0) is 15.2. The summed E-state index contributed by atoms with van der Waals surface area (Å²) >= 11 is 5.67. The first-order valence-electron chi connectivity index (χ1n) is 6.23. The lowest BCUT2D eigenvalue weighted by Gasteiger charge is -2.08. The molecule has 0 aliphatic rings. The number of hydrogen-bond donors (Lipinski definition) is 1. The molecule has 0 aliphatic carbocycles. The molecule has 2 nitrogen and oxygen atoms in total. The van der Waals surface area contributed by atoms with E-state index in [1.165, 1.54) is 18.2 Å². The van der Waals surface area contributed by atoms with E-state index in [4.69, 9.17) is 11.6 Å². The third-order valence-electron chi connectivity index (χ3n) is 2.81. The summed E-state index contributed by atoms with van der Waals surface area (Å²) in [5.74, 6) is -0.256. The number of alkyl halides is 2. The molecule has 2 aromatic carbocycles. The Balaban J connectivity index is 1.85. The van der Waals surface area contributed by atoms with Crippen molar-refractivity contribution >= 4 is 11.6 Å². The van der Waals surface area contributed by atoms with Gasteiger partial charge < -0.3 is 10.1 Å². The average Bonchev–Trinajstić information content (AvgIpc) is 2.42. The highest BCUT2D eigenvalue weighted by Gasteiger charge is 2.04. The van der Waals surface area contributed by atoms with E-state index < -0.39 is 6.61 Å². The fourth-order valence-corrected chi connectivity index (χ4v) is 1.95. The van der Waals surface area contributed by atoms with Crippen LogP contribution in [0.1, 0.15) is 11.1 Å². The Morgan fingerprint density at radius 3 is 2.38 bits per heavy atom. The van der Waals surface area contributed by atoms with Crippen molar-refractivity contribution in [3.05, 3.63) is 64.4 Å². The van der Waals surface area contributed by atoms with E-state index in [1.54, 1.807) is 24.3 Å². The molecule has 0 atom stereocenters. The second kappa shape index (κ2) is 7.33. The summed E-state index contributed by atoms with van der Waals surface area (Å²) in [5.41, 5.74) is 1.39. The molecule has 0 bridgehead atoms. The Bertz CT molecular complexity index is 590. The quantitative estimate of drug-likeness (QED) is 0.854. The maximum absolute atomic E-state index is 13.5. The van der Waals surface area contributed by atoms with Crippen molar-refractivity contribution in [1.29, 1.82) is 0 Å². The normalized spacial score (nSPS) is 10.9. The van der Waals surface area contributed by atoms with Crippen LogP contribution >= 0.6 is 11.6 Å². The summed E-state index contributed by atoms with van der Waals surface area (Å²) in [5, 5.41) is 3.42. The number of benzene rings is 2. The highest BCUT2D eigenvalue weighted by atomic mass is 35.5. The van der Waals surface area contributed by atoms with E-state index in [-0.39, 0.29) is 11.6 Å². The molecule has 0 fully saturated rings. The molecule has 0 aromatic heterocycles. The lowest BCUT2D eigenvalue weighted by atomic mass is 10.2. The van der Waals surface area contributed by atoms with Crippen molar-refractivity contribution in [3.63, 3.8) is 0 Å². The number of rotatable bonds is 6. The van der Waals surface area contributed by atoms with Crippen LogP contribution in [-0.2, 0) is 13.1 Å². The topological polar surface area (TPSA) is 21.3 Å². The van der Waals surface area contributed by atoms with Crippen molar-refractivity contribution in [2.24, 2.45) is 0 Å². The number of hydrogen-bond acceptors (Lipinski definition) is 2. The number of halogens is 4. The lowest BCUT2D eigenvalue weighted by molar-refractivity contribution is -0.0498. The Hall–Kier alpha value is -1.72. The van der Waals surface area contributed by atoms with Crippen LogP contribution in [0, 0.1) is 5.82 Å². The Labute approximate surface area is 125 Å². The van der Waals surface area contributed by atoms with Gasteiger partial charge in [0.15, 0.2) is 0 Å². The van der Waals surface area contributed by atoms with Crippen LogP contribution in [0.25, 0.3) is 0 Å². The molecule has 0 unspecified atom stereocenters. The van der Waals surface area contributed by atoms with Gasteiger partial charge in [0.05, 0.1) is 0 Å². The molecule has 0 heterocycles. The summed E-state index contributed by atoms with van der Waals surface area (Å²) in [4.78, 5) is 0. The summed E-state index contributed by atoms with van der Waals surface area (Å²) in [7, 11) is 0. The van der Waals surface area contributed by atoms with Crippen LogP contribution in [0.2, 0.25) is 5.02 Å². The van der Waals surface area contributed by atoms with E-state index in [0.717, 1.165) is 5.56 Å². The van der Waals surface area contributed by atoms with Gasteiger partial charge in [0.2, 0.25) is 0 Å². The molecule has 112 valence electrons. The van der Waals surface area contributed by atoms with E-state index in [1.807, 2.05) is 0 Å². The van der Waals surface area contributed by atoms with Gasteiger partial charge in [-0.3, -0.25) is 0 Å². The predicted octanol–water partition coefficient (Wildman–Crippen LogP) is 4.37. The first kappa shape index (κ1) is 15.7. The molecular formula is C15H13ClF3NO. The molecule has 0 spiro atoms. The molecule has 1 N–H and O–H groups in total. The summed E-state index contributed by atoms with van der Waals surface area (Å²) in [6, 6.07) is 10.8. The SMILES string of the molecule is Fc1cc(Cl)ccc1CNCc1ccc(OC(F)F)cc1. The lowest BCUT2D eigenvalue weighted by Crippen LogP contribution is -2.13. The maximum atomic E-state index is 13.5. The third kappa shape index (κ3) is 4.95. The van der Waals surface area contributed by atoms with Gasteiger partial charge in [-0.25, -0.2) is 4.39 Å². The van der Waals surface area contributed by atoms with Gasteiger partial charge in [-0.15, -0.1) is 0 Å². The highest BCUT2D eigenvalue weighted by molar-refractivity contribution is 6.30. The minimum atomic E-state index is -2.83. The highest BCUT2D eigenvalue weighted by Crippen LogP contribution is 2.16. The molecule has 0 radical (unpaired) electrons. The summed E-state index contributed by atoms with van der Waals surface area (Å²) < 4.78 is 41.8. The van der Waals surface area contributed by atoms with E-state index in [0.29, 0.717) is 23.7 Å². The van der Waals surface area contributed by atoms with Crippen LogP contribution < -0.4 is 10.1 Å².